The lowest BCUT2D eigenvalue weighted by molar-refractivity contribution is 0.0593. The number of carbonyl (C=O) groups is 3. The zero-order valence-electron chi connectivity index (χ0n) is 19.0. The van der Waals surface area contributed by atoms with Crippen molar-refractivity contribution in [2.45, 2.75) is 0 Å². The Hall–Kier alpha value is -3.70. The SMILES string of the molecule is COC(=O)c1ccccc1B(O)OB(OB(O)c1ccccc1C(=O)OC)c1ccc(C=O)cc1. The molecule has 0 aromatic heterocycles. The number of esters is 2. The molecule has 35 heavy (non-hydrogen) atoms. The highest BCUT2D eigenvalue weighted by Gasteiger charge is 2.36. The average molecular weight is 474 g/mol. The summed E-state index contributed by atoms with van der Waals surface area (Å²) in [4.78, 5) is 35.3. The summed E-state index contributed by atoms with van der Waals surface area (Å²) in [6.45, 7) is 0. The quantitative estimate of drug-likeness (QED) is 0.229. The summed E-state index contributed by atoms with van der Waals surface area (Å²) in [6.07, 6.45) is 0.656. The van der Waals surface area contributed by atoms with Gasteiger partial charge in [-0.05, 0) is 28.5 Å². The van der Waals surface area contributed by atoms with Crippen molar-refractivity contribution in [3.63, 3.8) is 0 Å². The summed E-state index contributed by atoms with van der Waals surface area (Å²) in [7, 11) is -2.28. The van der Waals surface area contributed by atoms with Crippen LogP contribution in [0, 0.1) is 0 Å². The maximum atomic E-state index is 12.1. The van der Waals surface area contributed by atoms with E-state index in [1.807, 2.05) is 0 Å². The summed E-state index contributed by atoms with van der Waals surface area (Å²) in [6, 6.07) is 18.3. The second-order valence-corrected chi connectivity index (χ2v) is 7.25. The lowest BCUT2D eigenvalue weighted by Gasteiger charge is -2.21. The first kappa shape index (κ1) is 25.9. The molecule has 12 heteroatoms. The van der Waals surface area contributed by atoms with E-state index in [1.165, 1.54) is 62.8 Å². The van der Waals surface area contributed by atoms with Crippen LogP contribution in [0.25, 0.3) is 0 Å². The number of benzene rings is 3. The van der Waals surface area contributed by atoms with Crippen LogP contribution in [-0.4, -0.2) is 63.8 Å². The van der Waals surface area contributed by atoms with Crippen molar-refractivity contribution >= 4 is 56.0 Å². The summed E-state index contributed by atoms with van der Waals surface area (Å²) in [5.41, 5.74) is 1.12. The molecular weight excluding hydrogens is 453 g/mol. The molecule has 0 heterocycles. The lowest BCUT2D eigenvalue weighted by atomic mass is 9.66. The molecule has 176 valence electrons. The maximum absolute atomic E-state index is 12.1. The van der Waals surface area contributed by atoms with Crippen molar-refractivity contribution in [2.75, 3.05) is 14.2 Å². The van der Waals surface area contributed by atoms with Crippen molar-refractivity contribution in [2.24, 2.45) is 0 Å². The van der Waals surface area contributed by atoms with E-state index in [4.69, 9.17) is 18.6 Å². The lowest BCUT2D eigenvalue weighted by Crippen LogP contribution is -2.52. The van der Waals surface area contributed by atoms with E-state index in [9.17, 15) is 24.4 Å². The number of aldehydes is 1. The van der Waals surface area contributed by atoms with Crippen molar-refractivity contribution in [1.82, 2.24) is 0 Å². The zero-order chi connectivity index (χ0) is 25.4. The van der Waals surface area contributed by atoms with Crippen LogP contribution in [0.4, 0.5) is 0 Å². The molecule has 0 amide bonds. The number of carbonyl (C=O) groups excluding carboxylic acids is 3. The first-order valence-electron chi connectivity index (χ1n) is 10.5. The van der Waals surface area contributed by atoms with Crippen LogP contribution >= 0.6 is 0 Å². The first-order chi connectivity index (χ1) is 16.9. The van der Waals surface area contributed by atoms with E-state index < -0.39 is 33.3 Å². The Morgan fingerprint density at radius 3 is 1.54 bits per heavy atom. The zero-order valence-corrected chi connectivity index (χ0v) is 19.0. The molecule has 0 aliphatic carbocycles. The molecule has 3 aromatic carbocycles. The monoisotopic (exact) mass is 474 g/mol. The standard InChI is InChI=1S/C23H21B3O9/c1-32-22(28)18-7-3-5-9-20(18)24(30)34-26(17-13-11-16(15-27)12-14-17)35-25(31)21-10-6-4-8-19(21)23(29)33-2/h3-15,30-31H,1-2H3. The topological polar surface area (TPSA) is 129 Å². The minimum absolute atomic E-state index is 0.0779. The van der Waals surface area contributed by atoms with Gasteiger partial charge in [-0.2, -0.15) is 0 Å². The van der Waals surface area contributed by atoms with E-state index in [-0.39, 0.29) is 22.1 Å². The minimum Gasteiger partial charge on any atom is -0.465 e. The second kappa shape index (κ2) is 12.1. The highest BCUT2D eigenvalue weighted by atomic mass is 16.6. The third-order valence-corrected chi connectivity index (χ3v) is 5.11. The third kappa shape index (κ3) is 6.25. The number of ether oxygens (including phenoxy) is 2. The van der Waals surface area contributed by atoms with Gasteiger partial charge in [0.2, 0.25) is 0 Å². The van der Waals surface area contributed by atoms with Gasteiger partial charge in [-0.3, -0.25) is 4.79 Å². The fraction of sp³-hybridized carbons (Fsp3) is 0.0870. The summed E-state index contributed by atoms with van der Waals surface area (Å²) in [5, 5.41) is 21.6. The largest absolute Gasteiger partial charge is 0.478 e. The van der Waals surface area contributed by atoms with E-state index in [0.717, 1.165) is 0 Å². The van der Waals surface area contributed by atoms with Crippen molar-refractivity contribution in [1.29, 1.82) is 0 Å². The molecule has 0 spiro atoms. The van der Waals surface area contributed by atoms with Gasteiger partial charge in [0.05, 0.1) is 25.3 Å². The Bertz CT molecular complexity index is 1120. The van der Waals surface area contributed by atoms with E-state index >= 15 is 0 Å². The molecule has 0 aliphatic heterocycles. The number of rotatable bonds is 10. The number of hydrogen-bond acceptors (Lipinski definition) is 9. The van der Waals surface area contributed by atoms with Crippen LogP contribution < -0.4 is 16.4 Å². The highest BCUT2D eigenvalue weighted by Crippen LogP contribution is 2.06. The second-order valence-electron chi connectivity index (χ2n) is 7.25. The molecule has 9 nitrogen and oxygen atoms in total. The van der Waals surface area contributed by atoms with Crippen molar-refractivity contribution < 1.29 is 43.0 Å². The van der Waals surface area contributed by atoms with Gasteiger partial charge in [-0.1, -0.05) is 60.7 Å². The molecule has 0 aliphatic rings. The van der Waals surface area contributed by atoms with Gasteiger partial charge < -0.3 is 28.7 Å². The van der Waals surface area contributed by atoms with E-state index in [0.29, 0.717) is 17.3 Å². The van der Waals surface area contributed by atoms with Crippen LogP contribution in [0.3, 0.4) is 0 Å². The molecule has 0 saturated carbocycles. The van der Waals surface area contributed by atoms with Crippen LogP contribution in [-0.2, 0) is 18.6 Å². The maximum Gasteiger partial charge on any atom is 0.478 e. The van der Waals surface area contributed by atoms with Gasteiger partial charge in [-0.15, -0.1) is 0 Å². The van der Waals surface area contributed by atoms with Crippen LogP contribution in [0.2, 0.25) is 0 Å². The number of hydrogen-bond donors (Lipinski definition) is 2. The molecule has 2 N–H and O–H groups in total. The van der Waals surface area contributed by atoms with Crippen molar-refractivity contribution in [3.05, 3.63) is 89.5 Å². The molecule has 3 rings (SSSR count). The third-order valence-electron chi connectivity index (χ3n) is 5.11. The normalized spacial score (nSPS) is 10.3. The van der Waals surface area contributed by atoms with Gasteiger partial charge >= 0.3 is 33.3 Å². The molecule has 0 unspecified atom stereocenters. The van der Waals surface area contributed by atoms with Gasteiger partial charge in [0.25, 0.3) is 0 Å². The molecule has 0 saturated heterocycles. The smallest absolute Gasteiger partial charge is 0.465 e. The summed E-state index contributed by atoms with van der Waals surface area (Å²) < 4.78 is 20.9. The molecule has 0 bridgehead atoms. The fourth-order valence-corrected chi connectivity index (χ4v) is 3.32. The van der Waals surface area contributed by atoms with E-state index in [1.54, 1.807) is 24.3 Å². The predicted molar refractivity (Wildman–Crippen MR) is 130 cm³/mol. The summed E-state index contributed by atoms with van der Waals surface area (Å²) in [5.74, 6) is -1.36. The Balaban J connectivity index is 1.95. The van der Waals surface area contributed by atoms with Gasteiger partial charge in [0.15, 0.2) is 0 Å². The average Bonchev–Trinajstić information content (AvgIpc) is 2.91. The predicted octanol–water partition coefficient (Wildman–Crippen LogP) is -0.424. The summed E-state index contributed by atoms with van der Waals surface area (Å²) >= 11 is 0. The van der Waals surface area contributed by atoms with Crippen LogP contribution in [0.15, 0.2) is 72.8 Å². The molecule has 0 radical (unpaired) electrons. The molecule has 0 fully saturated rings. The Kier molecular flexibility index (Phi) is 8.99. The molecular formula is C23H21B3O9. The van der Waals surface area contributed by atoms with Crippen LogP contribution in [0.1, 0.15) is 31.1 Å². The number of methoxy groups -OCH3 is 2. The first-order valence-corrected chi connectivity index (χ1v) is 10.5. The molecule has 3 aromatic rings. The van der Waals surface area contributed by atoms with Gasteiger partial charge in [0, 0.05) is 5.56 Å². The fourth-order valence-electron chi connectivity index (χ4n) is 3.32. The Morgan fingerprint density at radius 1 is 0.714 bits per heavy atom. The Labute approximate surface area is 203 Å². The van der Waals surface area contributed by atoms with E-state index in [2.05, 4.69) is 0 Å². The highest BCUT2D eigenvalue weighted by molar-refractivity contribution is 6.79. The minimum atomic E-state index is -1.66. The van der Waals surface area contributed by atoms with Crippen LogP contribution in [0.5, 0.6) is 0 Å². The Morgan fingerprint density at radius 2 is 1.14 bits per heavy atom. The van der Waals surface area contributed by atoms with Gasteiger partial charge in [0.1, 0.15) is 6.29 Å². The molecule has 0 atom stereocenters. The van der Waals surface area contributed by atoms with Crippen molar-refractivity contribution in [3.8, 4) is 0 Å². The van der Waals surface area contributed by atoms with Gasteiger partial charge in [-0.25, -0.2) is 9.59 Å².